The highest BCUT2D eigenvalue weighted by atomic mass is 16.3. The molecule has 0 bridgehead atoms. The van der Waals surface area contributed by atoms with E-state index in [4.69, 9.17) is 5.11 Å². The number of aliphatic hydroxyl groups is 2. The molecule has 4 rings (SSSR count). The van der Waals surface area contributed by atoms with E-state index in [1.165, 1.54) is 0 Å². The second-order valence-corrected chi connectivity index (χ2v) is 6.94. The van der Waals surface area contributed by atoms with E-state index in [-0.39, 0.29) is 12.6 Å². The zero-order chi connectivity index (χ0) is 18.6. The molecule has 3 N–H and O–H groups in total. The van der Waals surface area contributed by atoms with Crippen LogP contribution in [0.2, 0.25) is 0 Å². The van der Waals surface area contributed by atoms with Crippen LogP contribution in [-0.2, 0) is 13.2 Å². The van der Waals surface area contributed by atoms with Gasteiger partial charge in [0.25, 0.3) is 0 Å². The maximum atomic E-state index is 10.5. The number of aromatic nitrogens is 4. The molecule has 0 spiro atoms. The van der Waals surface area contributed by atoms with Crippen molar-refractivity contribution >= 4 is 5.82 Å². The van der Waals surface area contributed by atoms with Crippen molar-refractivity contribution in [3.05, 3.63) is 60.8 Å². The van der Waals surface area contributed by atoms with Gasteiger partial charge in [-0.1, -0.05) is 30.3 Å². The first kappa shape index (κ1) is 17.6. The number of nitrogens with one attached hydrogen (secondary N) is 1. The van der Waals surface area contributed by atoms with E-state index in [9.17, 15) is 5.11 Å². The van der Waals surface area contributed by atoms with Crippen LogP contribution in [0.15, 0.2) is 55.0 Å². The quantitative estimate of drug-likeness (QED) is 0.619. The molecule has 0 amide bonds. The Kier molecular flexibility index (Phi) is 5.13. The SMILES string of the molecule is OCc1nccc(N[C@@H]2CC(Cn3ccnc3-c3ccccc3)C[C@H]2O)n1. The van der Waals surface area contributed by atoms with E-state index in [0.717, 1.165) is 30.8 Å². The summed E-state index contributed by atoms with van der Waals surface area (Å²) in [7, 11) is 0. The van der Waals surface area contributed by atoms with Crippen LogP contribution in [-0.4, -0.2) is 41.9 Å². The van der Waals surface area contributed by atoms with Gasteiger partial charge < -0.3 is 20.1 Å². The largest absolute Gasteiger partial charge is 0.391 e. The molecule has 1 aromatic carbocycles. The summed E-state index contributed by atoms with van der Waals surface area (Å²) < 4.78 is 2.16. The van der Waals surface area contributed by atoms with Crippen LogP contribution in [0.5, 0.6) is 0 Å². The number of imidazole rings is 1. The first-order valence-electron chi connectivity index (χ1n) is 9.17. The molecule has 1 fully saturated rings. The van der Waals surface area contributed by atoms with Gasteiger partial charge in [-0.25, -0.2) is 15.0 Å². The number of hydrogen-bond acceptors (Lipinski definition) is 6. The Hall–Kier alpha value is -2.77. The van der Waals surface area contributed by atoms with Crippen LogP contribution in [0.1, 0.15) is 18.7 Å². The topological polar surface area (TPSA) is 96.1 Å². The summed E-state index contributed by atoms with van der Waals surface area (Å²) in [5, 5.41) is 22.9. The highest BCUT2D eigenvalue weighted by Crippen LogP contribution is 2.31. The number of benzene rings is 1. The third-order valence-electron chi connectivity index (χ3n) is 5.01. The molecule has 0 saturated heterocycles. The van der Waals surface area contributed by atoms with E-state index in [1.807, 2.05) is 30.6 Å². The monoisotopic (exact) mass is 365 g/mol. The van der Waals surface area contributed by atoms with Crippen molar-refractivity contribution in [1.82, 2.24) is 19.5 Å². The molecule has 2 heterocycles. The number of nitrogens with zero attached hydrogens (tertiary/aromatic N) is 4. The molecular weight excluding hydrogens is 342 g/mol. The summed E-state index contributed by atoms with van der Waals surface area (Å²) >= 11 is 0. The lowest BCUT2D eigenvalue weighted by Gasteiger charge is -2.17. The van der Waals surface area contributed by atoms with Gasteiger partial charge in [-0.2, -0.15) is 0 Å². The fourth-order valence-electron chi connectivity index (χ4n) is 3.75. The first-order chi connectivity index (χ1) is 13.2. The zero-order valence-electron chi connectivity index (χ0n) is 14.9. The van der Waals surface area contributed by atoms with Crippen molar-refractivity contribution in [2.45, 2.75) is 38.1 Å². The molecule has 27 heavy (non-hydrogen) atoms. The minimum atomic E-state index is -0.439. The molecule has 2 aromatic heterocycles. The van der Waals surface area contributed by atoms with Crippen molar-refractivity contribution in [2.24, 2.45) is 5.92 Å². The maximum absolute atomic E-state index is 10.5. The Balaban J connectivity index is 1.43. The molecule has 0 radical (unpaired) electrons. The lowest BCUT2D eigenvalue weighted by molar-refractivity contribution is 0.166. The fourth-order valence-corrected chi connectivity index (χ4v) is 3.75. The van der Waals surface area contributed by atoms with Gasteiger partial charge in [0.2, 0.25) is 0 Å². The van der Waals surface area contributed by atoms with Crippen LogP contribution >= 0.6 is 0 Å². The average molecular weight is 365 g/mol. The zero-order valence-corrected chi connectivity index (χ0v) is 14.9. The summed E-state index contributed by atoms with van der Waals surface area (Å²) in [4.78, 5) is 12.7. The molecule has 7 nitrogen and oxygen atoms in total. The standard InChI is InChI=1S/C20H23N5O2/c26-13-19-21-7-6-18(24-19)23-16-10-14(11-17(16)27)12-25-9-8-22-20(25)15-4-2-1-3-5-15/h1-9,14,16-17,26-27H,10-13H2,(H,21,23,24)/t14?,16-,17-/m1/s1. The lowest BCUT2D eigenvalue weighted by Crippen LogP contribution is -2.28. The van der Waals surface area contributed by atoms with Crippen molar-refractivity contribution in [3.63, 3.8) is 0 Å². The Morgan fingerprint density at radius 2 is 1.93 bits per heavy atom. The summed E-state index contributed by atoms with van der Waals surface area (Å²) in [5.74, 6) is 2.29. The predicted molar refractivity (Wildman–Crippen MR) is 102 cm³/mol. The average Bonchev–Trinajstić information content (AvgIpc) is 3.29. The van der Waals surface area contributed by atoms with Gasteiger partial charge in [-0.05, 0) is 24.8 Å². The van der Waals surface area contributed by atoms with E-state index in [0.29, 0.717) is 17.6 Å². The predicted octanol–water partition coefficient (Wildman–Crippen LogP) is 2.08. The van der Waals surface area contributed by atoms with E-state index >= 15 is 0 Å². The van der Waals surface area contributed by atoms with Crippen LogP contribution in [0, 0.1) is 5.92 Å². The van der Waals surface area contributed by atoms with Gasteiger partial charge >= 0.3 is 0 Å². The molecule has 3 atom stereocenters. The van der Waals surface area contributed by atoms with Crippen LogP contribution in [0.25, 0.3) is 11.4 Å². The second kappa shape index (κ2) is 7.85. The highest BCUT2D eigenvalue weighted by molar-refractivity contribution is 5.55. The van der Waals surface area contributed by atoms with E-state index < -0.39 is 6.10 Å². The van der Waals surface area contributed by atoms with Crippen molar-refractivity contribution in [2.75, 3.05) is 5.32 Å². The number of hydrogen-bond donors (Lipinski definition) is 3. The summed E-state index contributed by atoms with van der Waals surface area (Å²) in [6.07, 6.45) is 6.55. The summed E-state index contributed by atoms with van der Waals surface area (Å²) in [6.45, 7) is 0.611. The number of aliphatic hydroxyl groups excluding tert-OH is 2. The summed E-state index contributed by atoms with van der Waals surface area (Å²) in [6, 6.07) is 11.8. The van der Waals surface area contributed by atoms with Gasteiger partial charge in [-0.3, -0.25) is 0 Å². The smallest absolute Gasteiger partial charge is 0.156 e. The molecule has 1 aliphatic carbocycles. The van der Waals surface area contributed by atoms with E-state index in [1.54, 1.807) is 12.3 Å². The molecule has 0 aliphatic heterocycles. The Morgan fingerprint density at radius 3 is 2.74 bits per heavy atom. The van der Waals surface area contributed by atoms with Gasteiger partial charge in [0.1, 0.15) is 18.2 Å². The number of anilines is 1. The highest BCUT2D eigenvalue weighted by Gasteiger charge is 2.33. The molecule has 1 saturated carbocycles. The Bertz CT molecular complexity index is 883. The van der Waals surface area contributed by atoms with Gasteiger partial charge in [-0.15, -0.1) is 0 Å². The normalized spacial score (nSPS) is 22.1. The Labute approximate surface area is 157 Å². The van der Waals surface area contributed by atoms with E-state index in [2.05, 4.69) is 37.0 Å². The van der Waals surface area contributed by atoms with Crippen LogP contribution in [0.3, 0.4) is 0 Å². The molecule has 140 valence electrons. The van der Waals surface area contributed by atoms with Crippen molar-refractivity contribution in [3.8, 4) is 11.4 Å². The molecule has 7 heteroatoms. The molecular formula is C20H23N5O2. The fraction of sp³-hybridized carbons (Fsp3) is 0.350. The second-order valence-electron chi connectivity index (χ2n) is 6.94. The van der Waals surface area contributed by atoms with Crippen LogP contribution in [0.4, 0.5) is 5.82 Å². The minimum Gasteiger partial charge on any atom is -0.391 e. The first-order valence-corrected chi connectivity index (χ1v) is 9.17. The van der Waals surface area contributed by atoms with Gasteiger partial charge in [0.05, 0.1) is 12.1 Å². The molecule has 1 aliphatic rings. The Morgan fingerprint density at radius 1 is 1.07 bits per heavy atom. The lowest BCUT2D eigenvalue weighted by atomic mass is 10.1. The van der Waals surface area contributed by atoms with Gasteiger partial charge in [0.15, 0.2) is 5.82 Å². The van der Waals surface area contributed by atoms with Gasteiger partial charge in [0, 0.05) is 30.7 Å². The van der Waals surface area contributed by atoms with Crippen LogP contribution < -0.4 is 5.32 Å². The summed E-state index contributed by atoms with van der Waals surface area (Å²) in [5.41, 5.74) is 1.09. The maximum Gasteiger partial charge on any atom is 0.156 e. The van der Waals surface area contributed by atoms with Crippen molar-refractivity contribution in [1.29, 1.82) is 0 Å². The minimum absolute atomic E-state index is 0.0693. The molecule has 1 unspecified atom stereocenters. The van der Waals surface area contributed by atoms with Crippen molar-refractivity contribution < 1.29 is 10.2 Å². The third kappa shape index (κ3) is 3.99. The molecule has 3 aromatic rings. The number of rotatable bonds is 6. The third-order valence-corrected chi connectivity index (χ3v) is 5.01.